The van der Waals surface area contributed by atoms with Gasteiger partial charge < -0.3 is 19.9 Å². The highest BCUT2D eigenvalue weighted by Gasteiger charge is 2.17. The van der Waals surface area contributed by atoms with Gasteiger partial charge in [-0.25, -0.2) is 0 Å². The topological polar surface area (TPSA) is 50.7 Å². The van der Waals surface area contributed by atoms with E-state index < -0.39 is 5.60 Å². The Bertz CT molecular complexity index is 430. The zero-order valence-electron chi connectivity index (χ0n) is 12.6. The van der Waals surface area contributed by atoms with Gasteiger partial charge in [-0.05, 0) is 60.4 Å². The van der Waals surface area contributed by atoms with Crippen molar-refractivity contribution in [1.82, 2.24) is 5.32 Å². The molecule has 20 heavy (non-hydrogen) atoms. The van der Waals surface area contributed by atoms with Gasteiger partial charge in [0, 0.05) is 6.54 Å². The Morgan fingerprint density at radius 1 is 1.35 bits per heavy atom. The van der Waals surface area contributed by atoms with Crippen LogP contribution in [0.4, 0.5) is 0 Å². The lowest BCUT2D eigenvalue weighted by Crippen LogP contribution is -2.28. The molecular weight excluding hydrogens is 322 g/mol. The summed E-state index contributed by atoms with van der Waals surface area (Å²) in [5.41, 5.74) is 0.240. The van der Waals surface area contributed by atoms with E-state index in [0.717, 1.165) is 29.5 Å². The summed E-state index contributed by atoms with van der Waals surface area (Å²) in [7, 11) is 1.61. The van der Waals surface area contributed by atoms with E-state index in [-0.39, 0.29) is 6.61 Å². The van der Waals surface area contributed by atoms with Crippen LogP contribution in [0.5, 0.6) is 11.5 Å². The fraction of sp³-hybridized carbons (Fsp3) is 0.600. The Kier molecular flexibility index (Phi) is 6.79. The molecule has 1 aromatic carbocycles. The third-order valence-electron chi connectivity index (χ3n) is 2.61. The average Bonchev–Trinajstić information content (AvgIpc) is 2.36. The Morgan fingerprint density at radius 3 is 2.60 bits per heavy atom. The van der Waals surface area contributed by atoms with Crippen LogP contribution >= 0.6 is 15.9 Å². The molecule has 0 aliphatic rings. The average molecular weight is 346 g/mol. The van der Waals surface area contributed by atoms with Crippen LogP contribution in [0, 0.1) is 0 Å². The highest BCUT2D eigenvalue weighted by atomic mass is 79.9. The van der Waals surface area contributed by atoms with Crippen molar-refractivity contribution in [3.05, 3.63) is 22.2 Å². The Balaban J connectivity index is 2.84. The molecule has 0 unspecified atom stereocenters. The molecule has 0 atom stereocenters. The van der Waals surface area contributed by atoms with Gasteiger partial charge in [-0.3, -0.25) is 0 Å². The van der Waals surface area contributed by atoms with Crippen molar-refractivity contribution in [3.63, 3.8) is 0 Å². The standard InChI is InChI=1S/C15H24BrNO3/c1-5-6-17-9-11-7-12(16)14(13(8-11)19-4)20-10-15(2,3)18/h7-8,17-18H,5-6,9-10H2,1-4H3. The van der Waals surface area contributed by atoms with E-state index in [9.17, 15) is 5.11 Å². The quantitative estimate of drug-likeness (QED) is 0.710. The lowest BCUT2D eigenvalue weighted by atomic mass is 10.1. The molecule has 0 aromatic heterocycles. The van der Waals surface area contributed by atoms with E-state index in [1.54, 1.807) is 21.0 Å². The zero-order chi connectivity index (χ0) is 15.2. The van der Waals surface area contributed by atoms with Crippen molar-refractivity contribution < 1.29 is 14.6 Å². The third-order valence-corrected chi connectivity index (χ3v) is 3.20. The SMILES string of the molecule is CCCNCc1cc(Br)c(OCC(C)(C)O)c(OC)c1. The van der Waals surface area contributed by atoms with E-state index in [2.05, 4.69) is 28.2 Å². The van der Waals surface area contributed by atoms with Crippen molar-refractivity contribution in [1.29, 1.82) is 0 Å². The number of nitrogens with one attached hydrogen (secondary N) is 1. The van der Waals surface area contributed by atoms with Crippen LogP contribution in [0.15, 0.2) is 16.6 Å². The first-order valence-electron chi connectivity index (χ1n) is 6.79. The van der Waals surface area contributed by atoms with Gasteiger partial charge in [0.05, 0.1) is 17.2 Å². The van der Waals surface area contributed by atoms with Crippen molar-refractivity contribution in [3.8, 4) is 11.5 Å². The zero-order valence-corrected chi connectivity index (χ0v) is 14.2. The first-order valence-corrected chi connectivity index (χ1v) is 7.59. The van der Waals surface area contributed by atoms with E-state index in [0.29, 0.717) is 11.5 Å². The Morgan fingerprint density at radius 2 is 2.05 bits per heavy atom. The summed E-state index contributed by atoms with van der Waals surface area (Å²) in [6.45, 7) is 7.52. The van der Waals surface area contributed by atoms with Crippen molar-refractivity contribution in [2.45, 2.75) is 39.3 Å². The molecule has 0 radical (unpaired) electrons. The second-order valence-corrected chi connectivity index (χ2v) is 6.24. The lowest BCUT2D eigenvalue weighted by Gasteiger charge is -2.20. The summed E-state index contributed by atoms with van der Waals surface area (Å²) in [6.07, 6.45) is 1.10. The molecule has 0 aliphatic heterocycles. The first-order chi connectivity index (χ1) is 9.37. The number of benzene rings is 1. The smallest absolute Gasteiger partial charge is 0.175 e. The number of ether oxygens (including phenoxy) is 2. The molecule has 0 aliphatic carbocycles. The number of rotatable bonds is 8. The second-order valence-electron chi connectivity index (χ2n) is 5.39. The highest BCUT2D eigenvalue weighted by molar-refractivity contribution is 9.10. The molecule has 0 saturated heterocycles. The van der Waals surface area contributed by atoms with Crippen LogP contribution in [0.1, 0.15) is 32.8 Å². The molecule has 0 saturated carbocycles. The van der Waals surface area contributed by atoms with Gasteiger partial charge in [-0.1, -0.05) is 6.92 Å². The van der Waals surface area contributed by atoms with E-state index in [1.165, 1.54) is 0 Å². The van der Waals surface area contributed by atoms with E-state index in [1.807, 2.05) is 12.1 Å². The van der Waals surface area contributed by atoms with E-state index in [4.69, 9.17) is 9.47 Å². The molecule has 0 heterocycles. The number of hydrogen-bond donors (Lipinski definition) is 2. The predicted molar refractivity (Wildman–Crippen MR) is 84.5 cm³/mol. The van der Waals surface area contributed by atoms with Crippen LogP contribution < -0.4 is 14.8 Å². The third kappa shape index (κ3) is 5.69. The molecule has 2 N–H and O–H groups in total. The summed E-state index contributed by atoms with van der Waals surface area (Å²) in [6, 6.07) is 3.96. The minimum absolute atomic E-state index is 0.204. The Labute approximate surface area is 129 Å². The number of halogens is 1. The summed E-state index contributed by atoms with van der Waals surface area (Å²) in [4.78, 5) is 0. The molecular formula is C15H24BrNO3. The number of aliphatic hydroxyl groups is 1. The fourth-order valence-electron chi connectivity index (χ4n) is 1.67. The molecule has 4 nitrogen and oxygen atoms in total. The minimum atomic E-state index is -0.883. The van der Waals surface area contributed by atoms with Crippen molar-refractivity contribution in [2.24, 2.45) is 0 Å². The maximum absolute atomic E-state index is 9.74. The molecule has 0 bridgehead atoms. The number of methoxy groups -OCH3 is 1. The van der Waals surface area contributed by atoms with Crippen LogP contribution in [0.3, 0.4) is 0 Å². The summed E-state index contributed by atoms with van der Waals surface area (Å²) in [5.74, 6) is 1.28. The van der Waals surface area contributed by atoms with Crippen LogP contribution in [-0.4, -0.2) is 31.0 Å². The maximum atomic E-state index is 9.74. The number of hydrogen-bond acceptors (Lipinski definition) is 4. The summed E-state index contributed by atoms with van der Waals surface area (Å²) >= 11 is 3.50. The monoisotopic (exact) mass is 345 g/mol. The van der Waals surface area contributed by atoms with Gasteiger partial charge in [0.2, 0.25) is 0 Å². The van der Waals surface area contributed by atoms with Crippen LogP contribution in [0.2, 0.25) is 0 Å². The first kappa shape index (κ1) is 17.3. The van der Waals surface area contributed by atoms with Gasteiger partial charge >= 0.3 is 0 Å². The summed E-state index contributed by atoms with van der Waals surface area (Å²) < 4.78 is 11.9. The molecule has 5 heteroatoms. The summed E-state index contributed by atoms with van der Waals surface area (Å²) in [5, 5.41) is 13.1. The molecule has 0 amide bonds. The Hall–Kier alpha value is -0.780. The van der Waals surface area contributed by atoms with Gasteiger partial charge in [-0.15, -0.1) is 0 Å². The fourth-order valence-corrected chi connectivity index (χ4v) is 2.28. The van der Waals surface area contributed by atoms with Gasteiger partial charge in [0.1, 0.15) is 6.61 Å². The van der Waals surface area contributed by atoms with Gasteiger partial charge in [0.25, 0.3) is 0 Å². The second kappa shape index (κ2) is 7.86. The lowest BCUT2D eigenvalue weighted by molar-refractivity contribution is 0.0273. The van der Waals surface area contributed by atoms with Crippen molar-refractivity contribution >= 4 is 15.9 Å². The van der Waals surface area contributed by atoms with Crippen molar-refractivity contribution in [2.75, 3.05) is 20.3 Å². The van der Waals surface area contributed by atoms with Gasteiger partial charge in [-0.2, -0.15) is 0 Å². The molecule has 0 spiro atoms. The van der Waals surface area contributed by atoms with Gasteiger partial charge in [0.15, 0.2) is 11.5 Å². The van der Waals surface area contributed by atoms with Crippen LogP contribution in [0.25, 0.3) is 0 Å². The molecule has 1 rings (SSSR count). The maximum Gasteiger partial charge on any atom is 0.175 e. The van der Waals surface area contributed by atoms with E-state index >= 15 is 0 Å². The van der Waals surface area contributed by atoms with Crippen LogP contribution in [-0.2, 0) is 6.54 Å². The largest absolute Gasteiger partial charge is 0.493 e. The minimum Gasteiger partial charge on any atom is -0.493 e. The molecule has 1 aromatic rings. The highest BCUT2D eigenvalue weighted by Crippen LogP contribution is 2.37. The molecule has 0 fully saturated rings. The predicted octanol–water partition coefficient (Wildman–Crippen LogP) is 3.11. The molecule has 114 valence electrons. The normalized spacial score (nSPS) is 11.5.